The second-order valence-electron chi connectivity index (χ2n) is 18.3. The number of imide groups is 1. The Balaban J connectivity index is 0.000000268. The third-order valence-electron chi connectivity index (χ3n) is 11.2. The van der Waals surface area contributed by atoms with Gasteiger partial charge in [-0.2, -0.15) is 46.5 Å². The van der Waals surface area contributed by atoms with Crippen molar-refractivity contribution >= 4 is 96.7 Å². The molecule has 0 spiro atoms. The summed E-state index contributed by atoms with van der Waals surface area (Å²) in [5.74, 6) is -3.04. The lowest BCUT2D eigenvalue weighted by atomic mass is 10.1. The van der Waals surface area contributed by atoms with Gasteiger partial charge in [0, 0.05) is 18.7 Å². The van der Waals surface area contributed by atoms with E-state index in [2.05, 4.69) is 45.9 Å². The Labute approximate surface area is 515 Å². The monoisotopic (exact) mass is 1370 g/mol. The third-order valence-corrected chi connectivity index (χ3v) is 16.8. The lowest BCUT2D eigenvalue weighted by Gasteiger charge is -2.18. The summed E-state index contributed by atoms with van der Waals surface area (Å²) in [6.07, 6.45) is -2.70. The van der Waals surface area contributed by atoms with E-state index >= 15 is 0 Å². The second-order valence-corrected chi connectivity index (χ2v) is 25.8. The number of aryl methyl sites for hydroxylation is 2. The smallest absolute Gasteiger partial charge is 0.427 e. The van der Waals surface area contributed by atoms with Gasteiger partial charge < -0.3 is 38.6 Å². The number of benzene rings is 2. The molecule has 7 rings (SSSR count). The van der Waals surface area contributed by atoms with Crippen LogP contribution in [0.5, 0.6) is 23.5 Å². The number of aliphatic carboxylic acids is 1. The van der Waals surface area contributed by atoms with Crippen LogP contribution in [0.1, 0.15) is 64.3 Å². The minimum Gasteiger partial charge on any atom is -0.489 e. The van der Waals surface area contributed by atoms with E-state index in [1.807, 2.05) is 0 Å². The number of anilines is 3. The van der Waals surface area contributed by atoms with E-state index in [1.165, 1.54) is 71.6 Å². The van der Waals surface area contributed by atoms with Gasteiger partial charge in [-0.15, -0.1) is 0 Å². The Morgan fingerprint density at radius 3 is 1.93 bits per heavy atom. The molecule has 2 fully saturated rings. The molecule has 0 radical (unpaired) electrons. The summed E-state index contributed by atoms with van der Waals surface area (Å²) < 4.78 is 165. The number of carbonyl (C=O) groups excluding carboxylic acids is 4. The number of halogens is 5. The van der Waals surface area contributed by atoms with Crippen LogP contribution in [-0.2, 0) is 55.2 Å². The highest BCUT2D eigenvalue weighted by molar-refractivity contribution is 7.93. The maximum Gasteiger partial charge on any atom is 0.427 e. The van der Waals surface area contributed by atoms with Gasteiger partial charge in [0.2, 0.25) is 23.7 Å². The van der Waals surface area contributed by atoms with Crippen LogP contribution in [0.15, 0.2) is 86.9 Å². The fourth-order valence-electron chi connectivity index (χ4n) is 7.25. The number of cyclic esters (lactones) is 1. The Hall–Kier alpha value is -8.46. The number of pyridine rings is 1. The van der Waals surface area contributed by atoms with Crippen LogP contribution >= 0.6 is 19.2 Å². The molecule has 5 aromatic rings. The van der Waals surface area contributed by atoms with Gasteiger partial charge in [0.1, 0.15) is 22.3 Å². The van der Waals surface area contributed by atoms with Crippen LogP contribution in [0.3, 0.4) is 0 Å². The van der Waals surface area contributed by atoms with Crippen LogP contribution < -0.4 is 49.2 Å². The number of sulfone groups is 1. The van der Waals surface area contributed by atoms with E-state index in [0.29, 0.717) is 10.5 Å². The molecule has 90 heavy (non-hydrogen) atoms. The maximum absolute atomic E-state index is 14.3. The van der Waals surface area contributed by atoms with E-state index < -0.39 is 120 Å². The molecule has 1 saturated carbocycles. The van der Waals surface area contributed by atoms with Gasteiger partial charge in [-0.05, 0) is 88.3 Å². The van der Waals surface area contributed by atoms with Crippen molar-refractivity contribution in [3.8, 4) is 23.5 Å². The first-order valence-corrected chi connectivity index (χ1v) is 32.3. The van der Waals surface area contributed by atoms with Crippen molar-refractivity contribution < 1.29 is 110 Å². The first kappa shape index (κ1) is 74.0. The number of methoxy groups -OCH3 is 3. The van der Waals surface area contributed by atoms with E-state index in [1.54, 1.807) is 23.3 Å². The van der Waals surface area contributed by atoms with Gasteiger partial charge >= 0.3 is 49.8 Å². The first-order valence-electron chi connectivity index (χ1n) is 25.5. The van der Waals surface area contributed by atoms with Crippen molar-refractivity contribution in [1.29, 1.82) is 0 Å². The fourth-order valence-corrected chi connectivity index (χ4v) is 11.6. The zero-order valence-electron chi connectivity index (χ0n) is 48.2. The number of aromatic nitrogens is 6. The number of carbonyl (C=O) groups is 5. The standard InChI is InChI=1S/C17H17ClFNO4.C15H16F3N5O4S.C14H17N5O7S2.C3H8NO5P/c1-9(2)15-16(21)20(17(22)24-15)13-8-14(11(18)7-12(13)19)23-10-5-3-4-6-10;1-9-19-12(22-14(20-9)27-2)21-13(24)23-28(25,26)11-6-4-3-5-10(11)7-8-15(16,17)18;1-4-27(21,22)9-6-5-7-15-12(9)28(23,24)19-14(20)18-13-16-10(25-2)8-11(17-13)26-3;5-3(6)1-4-2-10(7,8)9/h7-8,10H,3-6H2,1-2H3;3-6H,7-8H2,1-2H3,(H2,19,20,21,22,23,24);5-8H,4H2,1-3H3,(H2,16,17,18,19,20);4H,1-2H2,(H,5,6)(H2,7,8,9). The number of nitrogens with one attached hydrogen (secondary N) is 5. The zero-order chi connectivity index (χ0) is 67.5. The molecule has 492 valence electrons. The van der Waals surface area contributed by atoms with Crippen LogP contribution in [0.2, 0.25) is 5.02 Å². The van der Waals surface area contributed by atoms with Crippen molar-refractivity contribution in [3.05, 3.63) is 94.4 Å². The summed E-state index contributed by atoms with van der Waals surface area (Å²) in [7, 11) is -13.1. The number of alkyl halides is 3. The number of allylic oxidation sites excluding steroid dienone is 1. The number of rotatable bonds is 20. The predicted octanol–water partition coefficient (Wildman–Crippen LogP) is 5.76. The molecule has 0 bridgehead atoms. The summed E-state index contributed by atoms with van der Waals surface area (Å²) in [4.78, 5) is 96.9. The molecular weight excluding hydrogens is 1320 g/mol. The summed E-state index contributed by atoms with van der Waals surface area (Å²) >= 11 is 6.04. The first-order chi connectivity index (χ1) is 41.9. The molecular formula is C49H58ClF4N12O20PS3. The molecule has 2 aromatic carbocycles. The van der Waals surface area contributed by atoms with Gasteiger partial charge in [0.25, 0.3) is 20.0 Å². The molecule has 41 heteroatoms. The zero-order valence-corrected chi connectivity index (χ0v) is 52.3. The molecule has 8 N–H and O–H groups in total. The largest absolute Gasteiger partial charge is 0.489 e. The van der Waals surface area contributed by atoms with Gasteiger partial charge in [-0.3, -0.25) is 30.1 Å². The van der Waals surface area contributed by atoms with E-state index in [-0.39, 0.29) is 75.1 Å². The number of hydrogen-bond donors (Lipinski definition) is 8. The Bertz CT molecular complexity index is 3860. The molecule has 2 aliphatic rings. The Morgan fingerprint density at radius 2 is 1.40 bits per heavy atom. The summed E-state index contributed by atoms with van der Waals surface area (Å²) in [5.41, 5.74) is 0.240. The minimum atomic E-state index is -4.61. The Kier molecular flexibility index (Phi) is 26.6. The summed E-state index contributed by atoms with van der Waals surface area (Å²) in [5, 5.41) is 13.6. The second kappa shape index (κ2) is 32.3. The van der Waals surface area contributed by atoms with Gasteiger partial charge in [0.05, 0.1) is 67.7 Å². The number of carboxylic acids is 1. The van der Waals surface area contributed by atoms with Gasteiger partial charge in [-0.1, -0.05) is 36.7 Å². The molecule has 3 aromatic heterocycles. The minimum absolute atomic E-state index is 0.00962. The van der Waals surface area contributed by atoms with Crippen molar-refractivity contribution in [3.63, 3.8) is 0 Å². The fraction of sp³-hybridized carbons (Fsp3) is 0.367. The highest BCUT2D eigenvalue weighted by Crippen LogP contribution is 2.38. The normalized spacial score (nSPS) is 13.4. The molecule has 1 aliphatic heterocycles. The quantitative estimate of drug-likeness (QED) is 0.0261. The van der Waals surface area contributed by atoms with E-state index in [4.69, 9.17) is 50.2 Å². The van der Waals surface area contributed by atoms with Crippen LogP contribution in [0, 0.1) is 12.7 Å². The number of urea groups is 2. The van der Waals surface area contributed by atoms with E-state index in [0.717, 1.165) is 50.1 Å². The van der Waals surface area contributed by atoms with E-state index in [9.17, 15) is 71.4 Å². The van der Waals surface area contributed by atoms with Crippen LogP contribution in [0.4, 0.5) is 49.5 Å². The topological polar surface area (TPSA) is 452 Å². The SMILES string of the molecule is CC(C)=C1OC(=O)N(c2cc(OC3CCCC3)c(Cl)cc2F)C1=O.CCS(=O)(=O)c1cccnc1S(=O)(=O)NC(=O)Nc1nc(OC)cc(OC)n1.COc1nc(C)nc(NC(=O)NS(=O)(=O)c2ccccc2CCC(F)(F)F)n1.O=C(O)CNCP(=O)(O)O. The lowest BCUT2D eigenvalue weighted by Crippen LogP contribution is -2.36. The number of amides is 6. The highest BCUT2D eigenvalue weighted by Gasteiger charge is 2.41. The lowest BCUT2D eigenvalue weighted by molar-refractivity contribution is -0.136. The van der Waals surface area contributed by atoms with Gasteiger partial charge in [-0.25, -0.2) is 54.9 Å². The van der Waals surface area contributed by atoms with Gasteiger partial charge in [0.15, 0.2) is 20.6 Å². The van der Waals surface area contributed by atoms with Crippen molar-refractivity contribution in [1.82, 2.24) is 44.7 Å². The van der Waals surface area contributed by atoms with Crippen LogP contribution in [-0.4, -0.2) is 152 Å². The molecule has 6 amide bonds. The molecule has 32 nitrogen and oxygen atoms in total. The molecule has 1 saturated heterocycles. The number of ether oxygens (including phenoxy) is 5. The number of sulfonamides is 2. The maximum atomic E-state index is 14.3. The Morgan fingerprint density at radius 1 is 0.822 bits per heavy atom. The van der Waals surface area contributed by atoms with Crippen molar-refractivity contribution in [2.75, 3.05) is 55.4 Å². The average molecular weight is 1370 g/mol. The third kappa shape index (κ3) is 22.8. The predicted molar refractivity (Wildman–Crippen MR) is 307 cm³/mol. The molecule has 0 atom stereocenters. The number of nitrogens with zero attached hydrogens (tertiary/aromatic N) is 7. The molecule has 4 heterocycles. The summed E-state index contributed by atoms with van der Waals surface area (Å²) in [6, 6.07) is 8.61. The average Bonchev–Trinajstić information content (AvgIpc) is 1.37. The molecule has 1 aliphatic carbocycles. The van der Waals surface area contributed by atoms with Crippen molar-refractivity contribution in [2.24, 2.45) is 0 Å². The summed E-state index contributed by atoms with van der Waals surface area (Å²) in [6.45, 7) is 5.69. The number of hydrogen-bond acceptors (Lipinski definition) is 24. The van der Waals surface area contributed by atoms with Crippen LogP contribution in [0.25, 0.3) is 0 Å². The highest BCUT2D eigenvalue weighted by atomic mass is 35.5. The molecule has 0 unspecified atom stereocenters. The number of carboxylic acid groups (broad SMARTS) is 1. The van der Waals surface area contributed by atoms with Crippen molar-refractivity contribution in [2.45, 2.75) is 93.3 Å².